The van der Waals surface area contributed by atoms with Gasteiger partial charge >= 0.3 is 5.97 Å². The van der Waals surface area contributed by atoms with Crippen molar-refractivity contribution in [3.8, 4) is 5.75 Å². The molecule has 0 bridgehead atoms. The zero-order chi connectivity index (χ0) is 43.5. The highest BCUT2D eigenvalue weighted by Gasteiger charge is 2.68. The van der Waals surface area contributed by atoms with E-state index in [2.05, 4.69) is 24.3 Å². The standard InChI is InChI=1S/C69H10O3/c1-7(70)72-69-63-55-46-39-26-19-13-12-14-10-11-15(13)24(26)30-28-17(11)20-16(10)27-29-23(14)25-18(12)21-22(19)33-40-32(21)41-38(25)45-43(29)47-34(27)36-31(20)37-35(28)48(44(30)46)59(63)61-50(37)49(36)60-58(47)62-54(45)51(41)56-53(40)57(52(55)42(33)39)66(69)64(56)68(62,65(60)67(61)69)8-3-5-9(71-2)6-4-8/h3-6H,1-2H3. The van der Waals surface area contributed by atoms with Gasteiger partial charge in [0.05, 0.1) is 12.5 Å². The van der Waals surface area contributed by atoms with Gasteiger partial charge in [0.1, 0.15) is 5.75 Å². The molecule has 28 aromatic rings. The molecule has 33 rings (SSSR count). The van der Waals surface area contributed by atoms with Crippen LogP contribution in [0.25, 0.3) is 280 Å². The van der Waals surface area contributed by atoms with Gasteiger partial charge in [-0.15, -0.1) is 0 Å². The molecular weight excluding hydrogens is 877 g/mol. The van der Waals surface area contributed by atoms with Gasteiger partial charge in [-0.25, -0.2) is 0 Å². The number of carbonyl (C=O) groups is 1. The lowest BCUT2D eigenvalue weighted by atomic mass is 9.55. The summed E-state index contributed by atoms with van der Waals surface area (Å²) < 4.78 is 13.9. The molecule has 0 amide bonds. The Balaban J connectivity index is 1.19. The third-order valence-corrected chi connectivity index (χ3v) is 25.0. The van der Waals surface area contributed by atoms with Crippen LogP contribution in [0.3, 0.4) is 0 Å². The van der Waals surface area contributed by atoms with Gasteiger partial charge in [0.2, 0.25) is 0 Å². The molecule has 2 atom stereocenters. The molecule has 0 aliphatic heterocycles. The molecule has 3 nitrogen and oxygen atoms in total. The maximum absolute atomic E-state index is 15.0. The van der Waals surface area contributed by atoms with Crippen molar-refractivity contribution in [1.82, 2.24) is 0 Å². The number of hydrogen-bond acceptors (Lipinski definition) is 3. The third-order valence-electron chi connectivity index (χ3n) is 25.0. The van der Waals surface area contributed by atoms with E-state index in [1.807, 2.05) is 7.11 Å². The summed E-state index contributed by atoms with van der Waals surface area (Å²) in [6.45, 7) is 1.72. The van der Waals surface area contributed by atoms with Crippen LogP contribution in [0.5, 0.6) is 5.75 Å². The highest BCUT2D eigenvalue weighted by molar-refractivity contribution is 6.81. The first kappa shape index (κ1) is 27.4. The summed E-state index contributed by atoms with van der Waals surface area (Å²) in [5.74, 6) is 0.698. The molecule has 72 heavy (non-hydrogen) atoms. The Labute approximate surface area is 392 Å². The van der Waals surface area contributed by atoms with E-state index in [1.165, 1.54) is 157 Å². The van der Waals surface area contributed by atoms with Crippen LogP contribution in [0.15, 0.2) is 24.3 Å². The largest absolute Gasteiger partial charge is 0.497 e. The molecule has 304 valence electrons. The second-order valence-corrected chi connectivity index (χ2v) is 25.5. The minimum atomic E-state index is -1.11. The van der Waals surface area contributed by atoms with Crippen LogP contribution in [-0.2, 0) is 20.5 Å². The first-order valence-corrected chi connectivity index (χ1v) is 26.3. The van der Waals surface area contributed by atoms with E-state index in [9.17, 15) is 4.79 Å². The normalized spacial score (nSPS) is 21.4. The van der Waals surface area contributed by atoms with Gasteiger partial charge in [0.15, 0.2) is 5.60 Å². The second-order valence-electron chi connectivity index (χ2n) is 25.5. The van der Waals surface area contributed by atoms with Crippen LogP contribution in [0.2, 0.25) is 0 Å². The van der Waals surface area contributed by atoms with E-state index in [1.54, 1.807) is 169 Å². The van der Waals surface area contributed by atoms with Crippen molar-refractivity contribution in [2.24, 2.45) is 0 Å². The van der Waals surface area contributed by atoms with Crippen LogP contribution >= 0.6 is 0 Å². The molecule has 5 aliphatic rings. The van der Waals surface area contributed by atoms with Gasteiger partial charge in [-0.3, -0.25) is 4.79 Å². The Morgan fingerprint density at radius 2 is 0.486 bits per heavy atom. The van der Waals surface area contributed by atoms with E-state index in [0.29, 0.717) is 0 Å². The lowest BCUT2D eigenvalue weighted by molar-refractivity contribution is -0.150. The predicted octanol–water partition coefficient (Wildman–Crippen LogP) is 17.6. The van der Waals surface area contributed by atoms with E-state index >= 15 is 0 Å². The van der Waals surface area contributed by atoms with E-state index < -0.39 is 11.0 Å². The van der Waals surface area contributed by atoms with E-state index in [0.717, 1.165) is 5.75 Å². The van der Waals surface area contributed by atoms with Gasteiger partial charge in [-0.1, -0.05) is 12.1 Å². The zero-order valence-electron chi connectivity index (χ0n) is 37.0. The van der Waals surface area contributed by atoms with Crippen LogP contribution in [0.1, 0.15) is 45.9 Å². The van der Waals surface area contributed by atoms with Crippen molar-refractivity contribution >= 4 is 286 Å². The van der Waals surface area contributed by atoms with Crippen molar-refractivity contribution in [3.05, 3.63) is 63.2 Å². The number of ether oxygens (including phenoxy) is 2. The van der Waals surface area contributed by atoms with Crippen molar-refractivity contribution < 1.29 is 14.3 Å². The monoisotopic (exact) mass is 886 g/mol. The fraction of sp³-hybridized carbons (Fsp3) is 0.0580. The number of benzene rings is 18. The number of methoxy groups -OCH3 is 1. The molecule has 0 radical (unpaired) electrons. The Morgan fingerprint density at radius 3 is 0.792 bits per heavy atom. The smallest absolute Gasteiger partial charge is 0.304 e. The first-order valence-electron chi connectivity index (χ1n) is 26.3. The van der Waals surface area contributed by atoms with Gasteiger partial charge in [-0.05, 0) is 309 Å². The minimum absolute atomic E-state index is 0.187. The summed E-state index contributed by atoms with van der Waals surface area (Å²) in [4.78, 5) is 15.0. The maximum atomic E-state index is 15.0. The topological polar surface area (TPSA) is 35.5 Å². The molecule has 0 fully saturated rings. The molecule has 5 aliphatic carbocycles. The average molecular weight is 887 g/mol. The third kappa shape index (κ3) is 1.47. The molecule has 0 aromatic heterocycles. The molecule has 0 heterocycles. The summed E-state index contributed by atoms with van der Waals surface area (Å²) in [6.07, 6.45) is 0. The molecule has 3 heteroatoms. The van der Waals surface area contributed by atoms with Crippen molar-refractivity contribution in [2.75, 3.05) is 7.11 Å². The molecular formula is C69H10O3. The van der Waals surface area contributed by atoms with Gasteiger partial charge in [0, 0.05) is 29.0 Å². The highest BCUT2D eigenvalue weighted by atomic mass is 16.6. The second kappa shape index (κ2) is 6.25. The molecule has 0 saturated heterocycles. The molecule has 28 aromatic carbocycles. The summed E-state index contributed by atoms with van der Waals surface area (Å²) in [7, 11) is 1.81. The number of hydrogen-bond donors (Lipinski definition) is 0. The van der Waals surface area contributed by atoms with E-state index in [-0.39, 0.29) is 5.97 Å². The Morgan fingerprint density at radius 1 is 0.278 bits per heavy atom. The summed E-state index contributed by atoms with van der Waals surface area (Å²) in [6, 6.07) is 9.39. The van der Waals surface area contributed by atoms with E-state index in [4.69, 9.17) is 9.47 Å². The Hall–Kier alpha value is -9.05. The van der Waals surface area contributed by atoms with Crippen LogP contribution in [0.4, 0.5) is 0 Å². The van der Waals surface area contributed by atoms with Crippen molar-refractivity contribution in [2.45, 2.75) is 17.9 Å². The molecule has 0 saturated carbocycles. The van der Waals surface area contributed by atoms with Crippen molar-refractivity contribution in [3.63, 3.8) is 0 Å². The lowest BCUT2D eigenvalue weighted by Gasteiger charge is -2.48. The summed E-state index contributed by atoms with van der Waals surface area (Å²) in [5.41, 5.74) is 7.90. The Bertz CT molecular complexity index is 7540. The lowest BCUT2D eigenvalue weighted by Crippen LogP contribution is -2.45. The minimum Gasteiger partial charge on any atom is -0.497 e. The zero-order valence-corrected chi connectivity index (χ0v) is 37.0. The first-order chi connectivity index (χ1) is 35.7. The SMILES string of the molecule is COc1ccc(C23c4c5c6c7c8c9c%10c%11c(c2c2c%12c3c3c%13c4c6c4c6c7c7c8c8c%10c%10c%14c%11c2c2c%11c%12c%12c3c3c%13c4c4c6c6c7c7c8c%10c8c(c%142)c2c%11c%12c%10c3c4c3c%10c2c8c7c63)C59OC(C)=O)cc1. The molecule has 0 spiro atoms. The average Bonchev–Trinajstić information content (AvgIpc) is 4.42. The number of carbonyl (C=O) groups excluding carboxylic acids is 1. The predicted molar refractivity (Wildman–Crippen MR) is 296 cm³/mol. The number of esters is 1. The van der Waals surface area contributed by atoms with Crippen LogP contribution in [-0.4, -0.2) is 13.1 Å². The fourth-order valence-electron chi connectivity index (χ4n) is 24.8. The highest BCUT2D eigenvalue weighted by Crippen LogP contribution is 2.84. The van der Waals surface area contributed by atoms with Gasteiger partial charge in [-0.2, -0.15) is 0 Å². The fourth-order valence-corrected chi connectivity index (χ4v) is 24.8. The summed E-state index contributed by atoms with van der Waals surface area (Å²) in [5, 5.41) is 79.8. The number of rotatable bonds is 3. The van der Waals surface area contributed by atoms with Crippen LogP contribution in [0, 0.1) is 0 Å². The van der Waals surface area contributed by atoms with Gasteiger partial charge in [0.25, 0.3) is 0 Å². The van der Waals surface area contributed by atoms with Crippen LogP contribution < -0.4 is 4.74 Å². The maximum Gasteiger partial charge on any atom is 0.304 e. The quantitative estimate of drug-likeness (QED) is 0.131. The molecule has 0 N–H and O–H groups in total. The van der Waals surface area contributed by atoms with Gasteiger partial charge < -0.3 is 9.47 Å². The Kier molecular flexibility index (Phi) is 2.37. The van der Waals surface area contributed by atoms with Crippen molar-refractivity contribution in [1.29, 1.82) is 0 Å². The molecule has 2 unspecified atom stereocenters. The summed E-state index contributed by atoms with van der Waals surface area (Å²) >= 11 is 0.